The van der Waals surface area contributed by atoms with Crippen LogP contribution in [0, 0.1) is 11.5 Å². The molecule has 5 heavy (non-hydrogen) atoms. The van der Waals surface area contributed by atoms with Gasteiger partial charge in [-0.05, 0) is 12.2 Å². The molecule has 2 nitrogen and oxygen atoms in total. The van der Waals surface area contributed by atoms with Crippen LogP contribution >= 0.6 is 12.2 Å². The SMILES string of the molecule is N#CN=C=S. The van der Waals surface area contributed by atoms with E-state index in [1.807, 2.05) is 5.16 Å². The Balaban J connectivity index is 3.46. The molecule has 0 aromatic heterocycles. The molecule has 0 rings (SSSR count). The molecule has 0 aromatic rings. The van der Waals surface area contributed by atoms with Gasteiger partial charge in [0, 0.05) is 0 Å². The van der Waals surface area contributed by atoms with Gasteiger partial charge in [0.1, 0.15) is 0 Å². The number of aliphatic imine (C=N–C) groups is 1. The molecule has 0 radical (unpaired) electrons. The van der Waals surface area contributed by atoms with E-state index in [4.69, 9.17) is 5.26 Å². The third kappa shape index (κ3) is 3.29. The standard InChI is InChI=1S/C2N2S/c3-1-4-2-5. The molecule has 0 aliphatic carbocycles. The minimum absolute atomic E-state index is 1.43. The summed E-state index contributed by atoms with van der Waals surface area (Å²) < 4.78 is 0. The lowest BCUT2D eigenvalue weighted by Gasteiger charge is -1.36. The first-order valence-electron chi connectivity index (χ1n) is 0.875. The second-order valence-corrected chi connectivity index (χ2v) is 0.486. The Morgan fingerprint density at radius 1 is 1.80 bits per heavy atom. The maximum Gasteiger partial charge on any atom is 0.215 e. The number of hydrogen-bond acceptors (Lipinski definition) is 3. The van der Waals surface area contributed by atoms with Crippen molar-refractivity contribution in [1.29, 1.82) is 5.26 Å². The highest BCUT2D eigenvalue weighted by Crippen LogP contribution is 1.46. The zero-order valence-corrected chi connectivity index (χ0v) is 3.12. The highest BCUT2D eigenvalue weighted by molar-refractivity contribution is 7.78. The molecule has 3 heteroatoms. The van der Waals surface area contributed by atoms with Gasteiger partial charge in [-0.15, -0.1) is 4.99 Å². The molecule has 0 N–H and O–H groups in total. The lowest BCUT2D eigenvalue weighted by molar-refractivity contribution is 1.45. The summed E-state index contributed by atoms with van der Waals surface area (Å²) in [5.74, 6) is 0. The van der Waals surface area contributed by atoms with Crippen molar-refractivity contribution < 1.29 is 0 Å². The third-order valence-electron chi connectivity index (χ3n) is 0.0956. The lowest BCUT2D eigenvalue weighted by Crippen LogP contribution is -1.34. The molecule has 0 aromatic carbocycles. The Labute approximate surface area is 34.8 Å². The van der Waals surface area contributed by atoms with Crippen molar-refractivity contribution in [3.63, 3.8) is 0 Å². The predicted octanol–water partition coefficient (Wildman–Crippen LogP) is 0.570. The number of isothiocyanates is 1. The van der Waals surface area contributed by atoms with Crippen LogP contribution in [0.4, 0.5) is 0 Å². The van der Waals surface area contributed by atoms with E-state index in [0.29, 0.717) is 0 Å². The number of nitriles is 1. The number of hydrogen-bond donors (Lipinski definition) is 0. The highest BCUT2D eigenvalue weighted by atomic mass is 32.1. The van der Waals surface area contributed by atoms with Crippen LogP contribution in [0.3, 0.4) is 0 Å². The van der Waals surface area contributed by atoms with Gasteiger partial charge in [0.05, 0.1) is 5.16 Å². The lowest BCUT2D eigenvalue weighted by atomic mass is 11.4. The average Bonchev–Trinajstić information content (AvgIpc) is 1.41. The van der Waals surface area contributed by atoms with Crippen LogP contribution in [-0.2, 0) is 0 Å². The first kappa shape index (κ1) is 4.29. The highest BCUT2D eigenvalue weighted by Gasteiger charge is 1.41. The van der Waals surface area contributed by atoms with E-state index < -0.39 is 0 Å². The number of thiocarbonyl (C=S) groups is 1. The Morgan fingerprint density at radius 2 is 2.40 bits per heavy atom. The first-order valence-corrected chi connectivity index (χ1v) is 1.28. The Morgan fingerprint density at radius 3 is 2.40 bits per heavy atom. The van der Waals surface area contributed by atoms with E-state index in [1.165, 1.54) is 6.19 Å². The summed E-state index contributed by atoms with van der Waals surface area (Å²) in [5, 5.41) is 9.38. The molecule has 0 saturated carbocycles. The fraction of sp³-hybridized carbons (Fsp3) is 0. The molecule has 0 spiro atoms. The fourth-order valence-corrected chi connectivity index (χ4v) is 0.0612. The van der Waals surface area contributed by atoms with Crippen molar-refractivity contribution in [2.75, 3.05) is 0 Å². The molecule has 0 saturated heterocycles. The van der Waals surface area contributed by atoms with Crippen LogP contribution in [0.2, 0.25) is 0 Å². The van der Waals surface area contributed by atoms with Crippen LogP contribution in [0.1, 0.15) is 0 Å². The van der Waals surface area contributed by atoms with Gasteiger partial charge >= 0.3 is 0 Å². The van der Waals surface area contributed by atoms with Crippen molar-refractivity contribution >= 4 is 17.4 Å². The maximum atomic E-state index is 7.52. The normalized spacial score (nSPS) is 3.80. The minimum Gasteiger partial charge on any atom is -0.170 e. The third-order valence-corrected chi connectivity index (χ3v) is 0.187. The van der Waals surface area contributed by atoms with Gasteiger partial charge in [-0.3, -0.25) is 0 Å². The van der Waals surface area contributed by atoms with Crippen LogP contribution < -0.4 is 0 Å². The molecule has 24 valence electrons. The van der Waals surface area contributed by atoms with Crippen molar-refractivity contribution in [2.24, 2.45) is 4.99 Å². The zero-order valence-electron chi connectivity index (χ0n) is 2.30. The van der Waals surface area contributed by atoms with Crippen molar-refractivity contribution in [3.05, 3.63) is 0 Å². The predicted molar refractivity (Wildman–Crippen MR) is 20.6 cm³/mol. The topological polar surface area (TPSA) is 36.1 Å². The summed E-state index contributed by atoms with van der Waals surface area (Å²) in [6.45, 7) is 0. The fourth-order valence-electron chi connectivity index (χ4n) is 0.0204. The molecule has 0 aliphatic rings. The second kappa shape index (κ2) is 3.29. The average molecular weight is 84.1 g/mol. The first-order chi connectivity index (χ1) is 2.41. The molecular formula is C2N2S. The Hall–Kier alpha value is -0.710. The van der Waals surface area contributed by atoms with E-state index in [9.17, 15) is 0 Å². The van der Waals surface area contributed by atoms with Gasteiger partial charge < -0.3 is 0 Å². The summed E-state index contributed by atoms with van der Waals surface area (Å²) in [6, 6.07) is 0. The number of nitrogens with zero attached hydrogens (tertiary/aromatic N) is 2. The van der Waals surface area contributed by atoms with E-state index >= 15 is 0 Å². The smallest absolute Gasteiger partial charge is 0.170 e. The van der Waals surface area contributed by atoms with Crippen molar-refractivity contribution in [2.45, 2.75) is 0 Å². The molecule has 0 amide bonds. The quantitative estimate of drug-likeness (QED) is 0.244. The van der Waals surface area contributed by atoms with Gasteiger partial charge in [-0.1, -0.05) is 0 Å². The molecule has 0 unspecified atom stereocenters. The Bertz CT molecular complexity index is 94.7. The van der Waals surface area contributed by atoms with Gasteiger partial charge in [0.15, 0.2) is 0 Å². The van der Waals surface area contributed by atoms with E-state index in [-0.39, 0.29) is 0 Å². The maximum absolute atomic E-state index is 7.52. The largest absolute Gasteiger partial charge is 0.215 e. The van der Waals surface area contributed by atoms with E-state index in [1.54, 1.807) is 0 Å². The summed E-state index contributed by atoms with van der Waals surface area (Å²) in [5.41, 5.74) is 0. The van der Waals surface area contributed by atoms with Gasteiger partial charge in [-0.25, -0.2) is 0 Å². The monoisotopic (exact) mass is 84.0 g/mol. The molecule has 0 bridgehead atoms. The van der Waals surface area contributed by atoms with Gasteiger partial charge in [0.25, 0.3) is 0 Å². The van der Waals surface area contributed by atoms with Crippen LogP contribution in [0.25, 0.3) is 0 Å². The molecular weight excluding hydrogens is 84.1 g/mol. The summed E-state index contributed by atoms with van der Waals surface area (Å²) >= 11 is 4.01. The van der Waals surface area contributed by atoms with Crippen LogP contribution in [0.5, 0.6) is 0 Å². The van der Waals surface area contributed by atoms with Crippen molar-refractivity contribution in [1.82, 2.24) is 0 Å². The summed E-state index contributed by atoms with van der Waals surface area (Å²) in [4.78, 5) is 2.84. The van der Waals surface area contributed by atoms with Crippen molar-refractivity contribution in [3.8, 4) is 6.19 Å². The van der Waals surface area contributed by atoms with E-state index in [0.717, 1.165) is 0 Å². The van der Waals surface area contributed by atoms with Crippen LogP contribution in [0.15, 0.2) is 4.99 Å². The molecule has 0 aliphatic heterocycles. The summed E-state index contributed by atoms with van der Waals surface area (Å²) in [6.07, 6.45) is 1.43. The second-order valence-electron chi connectivity index (χ2n) is 0.303. The van der Waals surface area contributed by atoms with Crippen LogP contribution in [-0.4, -0.2) is 5.16 Å². The minimum atomic E-state index is 1.43. The van der Waals surface area contributed by atoms with E-state index in [2.05, 4.69) is 17.2 Å². The number of rotatable bonds is 0. The van der Waals surface area contributed by atoms with Gasteiger partial charge in [0.2, 0.25) is 6.19 Å². The molecule has 0 heterocycles. The zero-order chi connectivity index (χ0) is 4.12. The molecule has 0 atom stereocenters. The Kier molecular flexibility index (Phi) is 2.82. The summed E-state index contributed by atoms with van der Waals surface area (Å²) in [7, 11) is 0. The van der Waals surface area contributed by atoms with Gasteiger partial charge in [-0.2, -0.15) is 5.26 Å². The molecule has 0 fully saturated rings.